The Balaban J connectivity index is 1.58. The van der Waals surface area contributed by atoms with Gasteiger partial charge in [-0.05, 0) is 38.1 Å². The molecule has 1 aliphatic rings. The quantitative estimate of drug-likeness (QED) is 0.280. The number of piperidine rings is 1. The topological polar surface area (TPSA) is 76.6 Å². The van der Waals surface area contributed by atoms with Crippen molar-refractivity contribution in [3.8, 4) is 28.4 Å². The lowest BCUT2D eigenvalue weighted by Crippen LogP contribution is -2.34. The maximum absolute atomic E-state index is 15.4. The van der Waals surface area contributed by atoms with Gasteiger partial charge in [-0.25, -0.2) is 24.0 Å². The van der Waals surface area contributed by atoms with Crippen LogP contribution in [0.1, 0.15) is 18.4 Å². The summed E-state index contributed by atoms with van der Waals surface area (Å²) in [5.74, 6) is 0.335. The highest BCUT2D eigenvalue weighted by molar-refractivity contribution is 5.82. The van der Waals surface area contributed by atoms with E-state index in [-0.39, 0.29) is 6.54 Å². The normalized spacial score (nSPS) is 15.5. The Kier molecular flexibility index (Phi) is 7.94. The number of benzene rings is 2. The Hall–Kier alpha value is -4.49. The van der Waals surface area contributed by atoms with E-state index in [1.54, 1.807) is 43.7 Å². The summed E-state index contributed by atoms with van der Waals surface area (Å²) in [4.78, 5) is 28.4. The first-order valence-corrected chi connectivity index (χ1v) is 13.1. The minimum atomic E-state index is -0.548. The second-order valence-corrected chi connectivity index (χ2v) is 10.1. The van der Waals surface area contributed by atoms with Gasteiger partial charge in [-0.15, -0.1) is 0 Å². The van der Waals surface area contributed by atoms with Gasteiger partial charge in [0, 0.05) is 43.0 Å². The van der Waals surface area contributed by atoms with Crippen molar-refractivity contribution in [2.75, 3.05) is 40.9 Å². The number of fused-ring (bicyclic) bond motifs is 1. The van der Waals surface area contributed by atoms with Crippen LogP contribution in [0.4, 0.5) is 14.9 Å². The molecule has 1 saturated heterocycles. The summed E-state index contributed by atoms with van der Waals surface area (Å²) in [5, 5.41) is 0. The van der Waals surface area contributed by atoms with Crippen LogP contribution >= 0.6 is 0 Å². The maximum Gasteiger partial charge on any atom is 0.409 e. The fourth-order valence-corrected chi connectivity index (χ4v) is 5.13. The molecule has 0 unspecified atom stereocenters. The number of methoxy groups -OCH3 is 1. The fourth-order valence-electron chi connectivity index (χ4n) is 5.13. The van der Waals surface area contributed by atoms with Gasteiger partial charge in [0.25, 0.3) is 5.88 Å². The first kappa shape index (κ1) is 27.1. The predicted molar refractivity (Wildman–Crippen MR) is 150 cm³/mol. The predicted octanol–water partition coefficient (Wildman–Crippen LogP) is 5.67. The molecule has 5 rings (SSSR count). The molecule has 1 aliphatic heterocycles. The van der Waals surface area contributed by atoms with Gasteiger partial charge in [0.2, 0.25) is 5.65 Å². The van der Waals surface area contributed by atoms with Crippen LogP contribution in [0.25, 0.3) is 33.0 Å². The molecular formula is C30H31FN6O3. The molecule has 206 valence electrons. The van der Waals surface area contributed by atoms with E-state index in [0.717, 1.165) is 31.5 Å². The molecule has 2 aromatic carbocycles. The van der Waals surface area contributed by atoms with Crippen molar-refractivity contribution in [3.05, 3.63) is 77.7 Å². The van der Waals surface area contributed by atoms with Gasteiger partial charge in [0.1, 0.15) is 5.82 Å². The van der Waals surface area contributed by atoms with E-state index in [2.05, 4.69) is 21.8 Å². The number of halogens is 1. The van der Waals surface area contributed by atoms with Crippen LogP contribution in [0.15, 0.2) is 54.9 Å². The second-order valence-electron chi connectivity index (χ2n) is 10.1. The number of nitrogens with zero attached hydrogens (tertiary/aromatic N) is 6. The Labute approximate surface area is 232 Å². The Morgan fingerprint density at radius 1 is 1.23 bits per heavy atom. The van der Waals surface area contributed by atoms with E-state index in [9.17, 15) is 4.79 Å². The van der Waals surface area contributed by atoms with Gasteiger partial charge in [0.05, 0.1) is 38.2 Å². The van der Waals surface area contributed by atoms with Crippen molar-refractivity contribution in [2.45, 2.75) is 19.4 Å². The largest absolute Gasteiger partial charge is 0.475 e. The molecule has 0 N–H and O–H groups in total. The summed E-state index contributed by atoms with van der Waals surface area (Å²) < 4.78 is 28.3. The molecule has 40 heavy (non-hydrogen) atoms. The van der Waals surface area contributed by atoms with Crippen molar-refractivity contribution in [1.82, 2.24) is 24.2 Å². The average Bonchev–Trinajstić information content (AvgIpc) is 3.46. The summed E-state index contributed by atoms with van der Waals surface area (Å²) in [5.41, 5.74) is 3.97. The standard InChI is InChI=1S/C30H31FN6O3/c1-32-24-11-9-21(10-12-24)26-27(22-7-8-23(25(31)16-22)18-36(3)30(38)39-4)37-15-13-33-28(37)29(34-26)40-19-20-6-5-14-35(2)17-20/h7-13,15-16,20H,5-6,14,17-19H2,2-4H3/t20-/m1/s1. The lowest BCUT2D eigenvalue weighted by molar-refractivity contribution is 0.131. The minimum Gasteiger partial charge on any atom is -0.475 e. The van der Waals surface area contributed by atoms with Crippen LogP contribution in [0, 0.1) is 18.3 Å². The molecule has 0 radical (unpaired) electrons. The van der Waals surface area contributed by atoms with Crippen LogP contribution in [-0.2, 0) is 11.3 Å². The molecule has 0 aliphatic carbocycles. The number of carbonyl (C=O) groups excluding carboxylic acids is 1. The third kappa shape index (κ3) is 5.60. The number of amides is 1. The minimum absolute atomic E-state index is 0.0611. The fraction of sp³-hybridized carbons (Fsp3) is 0.333. The Bertz CT molecular complexity index is 1560. The van der Waals surface area contributed by atoms with E-state index in [1.807, 2.05) is 16.5 Å². The Morgan fingerprint density at radius 3 is 2.70 bits per heavy atom. The zero-order chi connectivity index (χ0) is 28.2. The first-order chi connectivity index (χ1) is 19.4. The van der Waals surface area contributed by atoms with Crippen molar-refractivity contribution in [2.24, 2.45) is 5.92 Å². The monoisotopic (exact) mass is 542 g/mol. The lowest BCUT2D eigenvalue weighted by atomic mass is 10.00. The summed E-state index contributed by atoms with van der Waals surface area (Å²) in [7, 11) is 4.96. The number of aromatic nitrogens is 3. The molecular weight excluding hydrogens is 511 g/mol. The lowest BCUT2D eigenvalue weighted by Gasteiger charge is -2.29. The SMILES string of the molecule is [C-]#[N+]c1ccc(-c2nc(OC[C@@H]3CCCN(C)C3)c3nccn3c2-c2ccc(CN(C)C(=O)OC)c(F)c2)cc1. The highest BCUT2D eigenvalue weighted by Gasteiger charge is 2.23. The summed E-state index contributed by atoms with van der Waals surface area (Å²) in [6, 6.07) is 12.0. The van der Waals surface area contributed by atoms with Gasteiger partial charge in [-0.3, -0.25) is 4.40 Å². The number of hydrogen-bond acceptors (Lipinski definition) is 6. The van der Waals surface area contributed by atoms with E-state index >= 15 is 4.39 Å². The number of imidazole rings is 1. The third-order valence-electron chi connectivity index (χ3n) is 7.18. The highest BCUT2D eigenvalue weighted by atomic mass is 19.1. The van der Waals surface area contributed by atoms with Gasteiger partial charge >= 0.3 is 6.09 Å². The molecule has 1 atom stereocenters. The number of rotatable bonds is 7. The van der Waals surface area contributed by atoms with Gasteiger partial charge in [-0.1, -0.05) is 36.4 Å². The highest BCUT2D eigenvalue weighted by Crippen LogP contribution is 2.36. The van der Waals surface area contributed by atoms with Crippen molar-refractivity contribution < 1.29 is 18.7 Å². The summed E-state index contributed by atoms with van der Waals surface area (Å²) in [6.45, 7) is 9.95. The van der Waals surface area contributed by atoms with Gasteiger partial charge < -0.3 is 19.3 Å². The molecule has 2 aromatic heterocycles. The van der Waals surface area contributed by atoms with E-state index in [1.165, 1.54) is 18.1 Å². The van der Waals surface area contributed by atoms with Crippen LogP contribution < -0.4 is 4.74 Å². The Morgan fingerprint density at radius 2 is 2.00 bits per heavy atom. The van der Waals surface area contributed by atoms with E-state index in [4.69, 9.17) is 21.0 Å². The molecule has 3 heterocycles. The van der Waals surface area contributed by atoms with Crippen molar-refractivity contribution in [3.63, 3.8) is 0 Å². The van der Waals surface area contributed by atoms with Crippen LogP contribution in [0.5, 0.6) is 5.88 Å². The number of hydrogen-bond donors (Lipinski definition) is 0. The van der Waals surface area contributed by atoms with Crippen LogP contribution in [0.2, 0.25) is 0 Å². The number of likely N-dealkylation sites (tertiary alicyclic amines) is 1. The van der Waals surface area contributed by atoms with E-state index < -0.39 is 11.9 Å². The zero-order valence-corrected chi connectivity index (χ0v) is 22.8. The number of ether oxygens (including phenoxy) is 2. The molecule has 9 nitrogen and oxygen atoms in total. The van der Waals surface area contributed by atoms with Crippen LogP contribution in [-0.4, -0.2) is 71.2 Å². The zero-order valence-electron chi connectivity index (χ0n) is 22.8. The van der Waals surface area contributed by atoms with E-state index in [0.29, 0.717) is 52.3 Å². The van der Waals surface area contributed by atoms with Crippen molar-refractivity contribution >= 4 is 17.4 Å². The molecule has 0 bridgehead atoms. The summed E-state index contributed by atoms with van der Waals surface area (Å²) in [6.07, 6.45) is 5.15. The van der Waals surface area contributed by atoms with Crippen molar-refractivity contribution in [1.29, 1.82) is 0 Å². The molecule has 1 amide bonds. The molecule has 0 spiro atoms. The summed E-state index contributed by atoms with van der Waals surface area (Å²) >= 11 is 0. The first-order valence-electron chi connectivity index (χ1n) is 13.1. The van der Waals surface area contributed by atoms with Crippen LogP contribution in [0.3, 0.4) is 0 Å². The average molecular weight is 543 g/mol. The smallest absolute Gasteiger partial charge is 0.409 e. The molecule has 0 saturated carbocycles. The van der Waals surface area contributed by atoms with Gasteiger partial charge in [0.15, 0.2) is 5.69 Å². The maximum atomic E-state index is 15.4. The third-order valence-corrected chi connectivity index (χ3v) is 7.18. The number of carbonyl (C=O) groups is 1. The molecule has 4 aromatic rings. The second kappa shape index (κ2) is 11.7. The molecule has 10 heteroatoms. The van der Waals surface area contributed by atoms with Gasteiger partial charge in [-0.2, -0.15) is 0 Å². The molecule has 1 fully saturated rings.